The molecule has 8 heteroatoms. The highest BCUT2D eigenvalue weighted by Gasteiger charge is 2.21. The number of guanidine groups is 1. The number of hydrogen-bond acceptors (Lipinski definition) is 4. The van der Waals surface area contributed by atoms with Crippen molar-refractivity contribution in [2.75, 3.05) is 40.8 Å². The Balaban J connectivity index is 0. The van der Waals surface area contributed by atoms with Crippen LogP contribution in [0.15, 0.2) is 4.99 Å². The summed E-state index contributed by atoms with van der Waals surface area (Å²) in [7, 11) is 5.16. The molecule has 0 aromatic rings. The largest absolute Gasteiger partial charge is 0.444 e. The third kappa shape index (κ3) is 13.1. The van der Waals surface area contributed by atoms with E-state index < -0.39 is 5.60 Å². The normalized spacial score (nSPS) is 13.6. The van der Waals surface area contributed by atoms with Crippen LogP contribution in [0.3, 0.4) is 0 Å². The van der Waals surface area contributed by atoms with E-state index in [1.54, 1.807) is 26.1 Å². The van der Waals surface area contributed by atoms with Gasteiger partial charge in [-0.25, -0.2) is 4.79 Å². The molecule has 0 heterocycles. The maximum absolute atomic E-state index is 12.0. The molecule has 0 aromatic carbocycles. The summed E-state index contributed by atoms with van der Waals surface area (Å²) in [5.41, 5.74) is -0.743. The first-order valence-corrected chi connectivity index (χ1v) is 8.34. The molecule has 7 nitrogen and oxygen atoms in total. The Morgan fingerprint density at radius 1 is 1.20 bits per heavy atom. The van der Waals surface area contributed by atoms with E-state index in [-0.39, 0.29) is 41.6 Å². The molecular weight excluding hydrogens is 435 g/mol. The maximum Gasteiger partial charge on any atom is 0.410 e. The predicted octanol–water partition coefficient (Wildman–Crippen LogP) is 2.70. The highest BCUT2D eigenvalue weighted by Crippen LogP contribution is 2.10. The van der Waals surface area contributed by atoms with Gasteiger partial charge < -0.3 is 25.0 Å². The first kappa shape index (κ1) is 26.5. The number of nitrogens with one attached hydrogen (secondary N) is 2. The number of carbonyl (C=O) groups is 1. The van der Waals surface area contributed by atoms with Crippen LogP contribution < -0.4 is 10.6 Å². The lowest BCUT2D eigenvalue weighted by Crippen LogP contribution is -2.47. The molecule has 0 saturated carbocycles. The van der Waals surface area contributed by atoms with E-state index in [1.807, 2.05) is 34.6 Å². The SMILES string of the molecule is CN=C(NCC(C)CN(C)C(=O)OC(C)(C)C)NCC(C)(C)OC.I. The summed E-state index contributed by atoms with van der Waals surface area (Å²) in [6.07, 6.45) is -0.307. The van der Waals surface area contributed by atoms with Crippen LogP contribution in [0.1, 0.15) is 41.5 Å². The Morgan fingerprint density at radius 3 is 2.20 bits per heavy atom. The molecule has 150 valence electrons. The molecule has 1 amide bonds. The van der Waals surface area contributed by atoms with Crippen molar-refractivity contribution in [1.82, 2.24) is 15.5 Å². The van der Waals surface area contributed by atoms with Crippen molar-refractivity contribution >= 4 is 36.0 Å². The second-order valence-electron chi connectivity index (χ2n) is 7.74. The van der Waals surface area contributed by atoms with Gasteiger partial charge in [-0.2, -0.15) is 0 Å². The third-order valence-corrected chi connectivity index (χ3v) is 3.37. The number of nitrogens with zero attached hydrogens (tertiary/aromatic N) is 2. The molecule has 0 rings (SSSR count). The van der Waals surface area contributed by atoms with Crippen LogP contribution in [0.5, 0.6) is 0 Å². The summed E-state index contributed by atoms with van der Waals surface area (Å²) < 4.78 is 10.7. The van der Waals surface area contributed by atoms with Crippen LogP contribution in [0, 0.1) is 5.92 Å². The van der Waals surface area contributed by atoms with E-state index in [1.165, 1.54) is 0 Å². The quantitative estimate of drug-likeness (QED) is 0.339. The molecule has 0 aliphatic rings. The van der Waals surface area contributed by atoms with Crippen molar-refractivity contribution in [2.24, 2.45) is 10.9 Å². The smallest absolute Gasteiger partial charge is 0.410 e. The topological polar surface area (TPSA) is 75.2 Å². The van der Waals surface area contributed by atoms with Crippen molar-refractivity contribution in [2.45, 2.75) is 52.7 Å². The maximum atomic E-state index is 12.0. The fourth-order valence-electron chi connectivity index (χ4n) is 1.81. The molecule has 0 radical (unpaired) electrons. The van der Waals surface area contributed by atoms with Crippen LogP contribution >= 0.6 is 24.0 Å². The van der Waals surface area contributed by atoms with Crippen molar-refractivity contribution in [3.8, 4) is 0 Å². The fraction of sp³-hybridized carbons (Fsp3) is 0.882. The Kier molecular flexibility index (Phi) is 12.5. The number of methoxy groups -OCH3 is 1. The van der Waals surface area contributed by atoms with Crippen LogP contribution in [0.2, 0.25) is 0 Å². The van der Waals surface area contributed by atoms with Crippen LogP contribution in [0.4, 0.5) is 4.79 Å². The molecule has 0 aliphatic heterocycles. The van der Waals surface area contributed by atoms with Gasteiger partial charge in [0.25, 0.3) is 0 Å². The highest BCUT2D eigenvalue weighted by atomic mass is 127. The highest BCUT2D eigenvalue weighted by molar-refractivity contribution is 14.0. The van der Waals surface area contributed by atoms with Gasteiger partial charge in [-0.15, -0.1) is 24.0 Å². The first-order valence-electron chi connectivity index (χ1n) is 8.34. The van der Waals surface area contributed by atoms with Crippen LogP contribution in [0.25, 0.3) is 0 Å². The Morgan fingerprint density at radius 2 is 1.76 bits per heavy atom. The average Bonchev–Trinajstić information content (AvgIpc) is 2.45. The molecule has 1 unspecified atom stereocenters. The van der Waals surface area contributed by atoms with E-state index >= 15 is 0 Å². The number of rotatable bonds is 7. The van der Waals surface area contributed by atoms with E-state index in [2.05, 4.69) is 22.5 Å². The minimum absolute atomic E-state index is 0. The van der Waals surface area contributed by atoms with Gasteiger partial charge in [-0.3, -0.25) is 4.99 Å². The molecule has 0 fully saturated rings. The number of carbonyl (C=O) groups excluding carboxylic acids is 1. The van der Waals surface area contributed by atoms with E-state index in [0.717, 1.165) is 0 Å². The number of hydrogen-bond donors (Lipinski definition) is 2. The summed E-state index contributed by atoms with van der Waals surface area (Å²) in [6.45, 7) is 13.6. The van der Waals surface area contributed by atoms with Gasteiger partial charge in [-0.1, -0.05) is 6.92 Å². The van der Waals surface area contributed by atoms with E-state index in [9.17, 15) is 4.79 Å². The Bertz CT molecular complexity index is 423. The average molecular weight is 472 g/mol. The Labute approximate surface area is 170 Å². The zero-order valence-electron chi connectivity index (χ0n) is 17.2. The molecule has 0 spiro atoms. The standard InChI is InChI=1S/C17H36N4O3.HI/c1-13(11-21(8)15(22)24-16(2,3)4)10-19-14(18-7)20-12-17(5,6)23-9;/h13H,10-12H2,1-9H3,(H2,18,19,20);1H. The molecule has 0 aromatic heterocycles. The molecule has 1 atom stereocenters. The summed E-state index contributed by atoms with van der Waals surface area (Å²) >= 11 is 0. The number of halogens is 1. The van der Waals surface area contributed by atoms with Crippen molar-refractivity contribution in [3.05, 3.63) is 0 Å². The molecular formula is C17H37IN4O3. The summed E-state index contributed by atoms with van der Waals surface area (Å²) in [5.74, 6) is 0.961. The van der Waals surface area contributed by atoms with Gasteiger partial charge in [0.2, 0.25) is 0 Å². The zero-order valence-corrected chi connectivity index (χ0v) is 19.6. The van der Waals surface area contributed by atoms with Gasteiger partial charge in [0.15, 0.2) is 5.96 Å². The predicted molar refractivity (Wildman–Crippen MR) is 114 cm³/mol. The lowest BCUT2D eigenvalue weighted by Gasteiger charge is -2.27. The van der Waals surface area contributed by atoms with Gasteiger partial charge in [0.1, 0.15) is 5.60 Å². The number of amides is 1. The van der Waals surface area contributed by atoms with Gasteiger partial charge >= 0.3 is 6.09 Å². The minimum Gasteiger partial charge on any atom is -0.444 e. The van der Waals surface area contributed by atoms with Crippen molar-refractivity contribution in [3.63, 3.8) is 0 Å². The van der Waals surface area contributed by atoms with E-state index in [4.69, 9.17) is 9.47 Å². The summed E-state index contributed by atoms with van der Waals surface area (Å²) in [6, 6.07) is 0. The minimum atomic E-state index is -0.479. The van der Waals surface area contributed by atoms with Crippen molar-refractivity contribution < 1.29 is 14.3 Å². The molecule has 25 heavy (non-hydrogen) atoms. The lowest BCUT2D eigenvalue weighted by molar-refractivity contribution is 0.0262. The fourth-order valence-corrected chi connectivity index (χ4v) is 1.81. The van der Waals surface area contributed by atoms with Crippen LogP contribution in [-0.4, -0.2) is 69.0 Å². The third-order valence-electron chi connectivity index (χ3n) is 3.37. The van der Waals surface area contributed by atoms with Crippen LogP contribution in [-0.2, 0) is 9.47 Å². The second-order valence-corrected chi connectivity index (χ2v) is 7.74. The first-order chi connectivity index (χ1) is 10.9. The summed E-state index contributed by atoms with van der Waals surface area (Å²) in [5, 5.41) is 6.49. The molecule has 0 bridgehead atoms. The van der Waals surface area contributed by atoms with Gasteiger partial charge in [-0.05, 0) is 40.5 Å². The number of aliphatic imine (C=N–C) groups is 1. The summed E-state index contributed by atoms with van der Waals surface area (Å²) in [4.78, 5) is 17.8. The molecule has 0 aliphatic carbocycles. The molecule has 2 N–H and O–H groups in total. The van der Waals surface area contributed by atoms with Gasteiger partial charge in [0, 0.05) is 40.8 Å². The lowest BCUT2D eigenvalue weighted by atomic mass is 10.1. The number of ether oxygens (including phenoxy) is 2. The monoisotopic (exact) mass is 472 g/mol. The van der Waals surface area contributed by atoms with Gasteiger partial charge in [0.05, 0.1) is 5.60 Å². The second kappa shape index (κ2) is 11.8. The zero-order chi connectivity index (χ0) is 19.0. The Hall–Kier alpha value is -0.770. The molecule has 0 saturated heterocycles. The van der Waals surface area contributed by atoms with E-state index in [0.29, 0.717) is 25.6 Å². The van der Waals surface area contributed by atoms with Crippen molar-refractivity contribution in [1.29, 1.82) is 0 Å².